The molecule has 0 saturated heterocycles. The van der Waals surface area contributed by atoms with Crippen molar-refractivity contribution in [2.45, 2.75) is 17.9 Å². The predicted octanol–water partition coefficient (Wildman–Crippen LogP) is 1.59. The van der Waals surface area contributed by atoms with Crippen LogP contribution >= 0.6 is 0 Å². The standard InChI is InChI=1S/C12H11N3O3S/c1-9(12-3-2-6-18-12)15-19(16,17)11-5-4-10(7-13)14-8-11/h2-6,8-9,15H,1H3. The average molecular weight is 277 g/mol. The number of furan rings is 1. The summed E-state index contributed by atoms with van der Waals surface area (Å²) >= 11 is 0. The van der Waals surface area contributed by atoms with E-state index in [1.165, 1.54) is 18.4 Å². The lowest BCUT2D eigenvalue weighted by molar-refractivity contribution is 0.459. The number of pyridine rings is 1. The Kier molecular flexibility index (Phi) is 3.64. The Morgan fingerprint density at radius 3 is 2.74 bits per heavy atom. The molecule has 1 unspecified atom stereocenters. The van der Waals surface area contributed by atoms with E-state index >= 15 is 0 Å². The van der Waals surface area contributed by atoms with Crippen molar-refractivity contribution in [2.24, 2.45) is 0 Å². The van der Waals surface area contributed by atoms with Gasteiger partial charge in [-0.05, 0) is 31.2 Å². The number of hydrogen-bond acceptors (Lipinski definition) is 5. The molecular weight excluding hydrogens is 266 g/mol. The second-order valence-corrected chi connectivity index (χ2v) is 5.56. The van der Waals surface area contributed by atoms with Gasteiger partial charge in [-0.15, -0.1) is 0 Å². The summed E-state index contributed by atoms with van der Waals surface area (Å²) in [5.41, 5.74) is 0.165. The van der Waals surface area contributed by atoms with Gasteiger partial charge in [-0.1, -0.05) is 0 Å². The number of nitrogens with zero attached hydrogens (tertiary/aromatic N) is 2. The molecule has 2 heterocycles. The quantitative estimate of drug-likeness (QED) is 0.915. The van der Waals surface area contributed by atoms with E-state index in [1.54, 1.807) is 19.1 Å². The molecule has 0 radical (unpaired) electrons. The third-order valence-electron chi connectivity index (χ3n) is 2.46. The van der Waals surface area contributed by atoms with E-state index in [9.17, 15) is 8.42 Å². The largest absolute Gasteiger partial charge is 0.468 e. The maximum Gasteiger partial charge on any atom is 0.242 e. The van der Waals surface area contributed by atoms with Gasteiger partial charge in [-0.3, -0.25) is 0 Å². The Morgan fingerprint density at radius 2 is 2.21 bits per heavy atom. The molecule has 6 nitrogen and oxygen atoms in total. The van der Waals surface area contributed by atoms with Gasteiger partial charge in [-0.25, -0.2) is 18.1 Å². The van der Waals surface area contributed by atoms with E-state index in [-0.39, 0.29) is 10.6 Å². The first-order chi connectivity index (χ1) is 9.03. The lowest BCUT2D eigenvalue weighted by Crippen LogP contribution is -2.26. The van der Waals surface area contributed by atoms with Crippen LogP contribution in [-0.2, 0) is 10.0 Å². The summed E-state index contributed by atoms with van der Waals surface area (Å²) in [6.07, 6.45) is 2.62. The zero-order chi connectivity index (χ0) is 13.9. The summed E-state index contributed by atoms with van der Waals surface area (Å²) in [6, 6.07) is 7.40. The van der Waals surface area contributed by atoms with E-state index in [1.807, 2.05) is 6.07 Å². The SMILES string of the molecule is CC(NS(=O)(=O)c1ccc(C#N)nc1)c1ccco1. The number of aromatic nitrogens is 1. The highest BCUT2D eigenvalue weighted by Gasteiger charge is 2.20. The molecule has 0 amide bonds. The summed E-state index contributed by atoms with van der Waals surface area (Å²) in [7, 11) is -3.69. The van der Waals surface area contributed by atoms with Crippen molar-refractivity contribution in [3.63, 3.8) is 0 Å². The van der Waals surface area contributed by atoms with Crippen molar-refractivity contribution in [3.8, 4) is 6.07 Å². The van der Waals surface area contributed by atoms with Crippen LogP contribution in [0.1, 0.15) is 24.4 Å². The van der Waals surface area contributed by atoms with Gasteiger partial charge in [0.25, 0.3) is 0 Å². The number of rotatable bonds is 4. The maximum absolute atomic E-state index is 12.1. The van der Waals surface area contributed by atoms with Crippen molar-refractivity contribution >= 4 is 10.0 Å². The third kappa shape index (κ3) is 2.99. The molecule has 2 aromatic rings. The number of sulfonamides is 1. The summed E-state index contributed by atoms with van der Waals surface area (Å²) in [5.74, 6) is 0.519. The summed E-state index contributed by atoms with van der Waals surface area (Å²) < 4.78 is 31.7. The molecule has 1 N–H and O–H groups in total. The Hall–Kier alpha value is -2.17. The molecule has 2 aromatic heterocycles. The van der Waals surface area contributed by atoms with Crippen LogP contribution in [0.5, 0.6) is 0 Å². The molecule has 0 aliphatic carbocycles. The van der Waals surface area contributed by atoms with Gasteiger partial charge in [-0.2, -0.15) is 5.26 Å². The molecule has 0 saturated carbocycles. The summed E-state index contributed by atoms with van der Waals surface area (Å²) in [6.45, 7) is 1.67. The average Bonchev–Trinajstić information content (AvgIpc) is 2.92. The highest BCUT2D eigenvalue weighted by molar-refractivity contribution is 7.89. The molecule has 98 valence electrons. The minimum atomic E-state index is -3.69. The van der Waals surface area contributed by atoms with Gasteiger partial charge in [0.05, 0.1) is 12.3 Å². The maximum atomic E-state index is 12.1. The minimum absolute atomic E-state index is 0.00454. The predicted molar refractivity (Wildman–Crippen MR) is 66.4 cm³/mol. The molecule has 7 heteroatoms. The molecule has 2 rings (SSSR count). The summed E-state index contributed by atoms with van der Waals surface area (Å²) in [5, 5.41) is 8.61. The Bertz CT molecular complexity index is 685. The van der Waals surface area contributed by atoms with Gasteiger partial charge in [0.15, 0.2) is 0 Å². The van der Waals surface area contributed by atoms with Gasteiger partial charge in [0.2, 0.25) is 10.0 Å². The van der Waals surface area contributed by atoms with Crippen LogP contribution in [0.4, 0.5) is 0 Å². The molecule has 19 heavy (non-hydrogen) atoms. The van der Waals surface area contributed by atoms with Crippen molar-refractivity contribution < 1.29 is 12.8 Å². The van der Waals surface area contributed by atoms with Crippen LogP contribution in [0.25, 0.3) is 0 Å². The highest BCUT2D eigenvalue weighted by Crippen LogP contribution is 2.16. The second kappa shape index (κ2) is 5.22. The molecule has 1 atom stereocenters. The molecule has 0 bridgehead atoms. The minimum Gasteiger partial charge on any atom is -0.468 e. The zero-order valence-corrected chi connectivity index (χ0v) is 10.9. The second-order valence-electron chi connectivity index (χ2n) is 3.85. The number of hydrogen-bond donors (Lipinski definition) is 1. The van der Waals surface area contributed by atoms with Gasteiger partial charge in [0, 0.05) is 6.20 Å². The van der Waals surface area contributed by atoms with Crippen molar-refractivity contribution in [2.75, 3.05) is 0 Å². The first-order valence-electron chi connectivity index (χ1n) is 5.45. The highest BCUT2D eigenvalue weighted by atomic mass is 32.2. The van der Waals surface area contributed by atoms with Crippen LogP contribution in [-0.4, -0.2) is 13.4 Å². The lowest BCUT2D eigenvalue weighted by atomic mass is 10.3. The molecule has 0 aromatic carbocycles. The van der Waals surface area contributed by atoms with E-state index < -0.39 is 16.1 Å². The van der Waals surface area contributed by atoms with Crippen LogP contribution in [0.15, 0.2) is 46.0 Å². The van der Waals surface area contributed by atoms with Crippen molar-refractivity contribution in [1.29, 1.82) is 5.26 Å². The molecule has 0 spiro atoms. The van der Waals surface area contributed by atoms with E-state index in [0.29, 0.717) is 5.76 Å². The third-order valence-corrected chi connectivity index (χ3v) is 3.99. The van der Waals surface area contributed by atoms with E-state index in [4.69, 9.17) is 9.68 Å². The Morgan fingerprint density at radius 1 is 1.42 bits per heavy atom. The van der Waals surface area contributed by atoms with E-state index in [2.05, 4.69) is 9.71 Å². The van der Waals surface area contributed by atoms with Gasteiger partial charge in [0.1, 0.15) is 22.4 Å². The van der Waals surface area contributed by atoms with Gasteiger partial charge < -0.3 is 4.42 Å². The molecular formula is C12H11N3O3S. The van der Waals surface area contributed by atoms with Crippen LogP contribution < -0.4 is 4.72 Å². The summed E-state index contributed by atoms with van der Waals surface area (Å²) in [4.78, 5) is 3.73. The lowest BCUT2D eigenvalue weighted by Gasteiger charge is -2.11. The first kappa shape index (κ1) is 13.3. The van der Waals surface area contributed by atoms with Crippen LogP contribution in [0, 0.1) is 11.3 Å². The molecule has 0 aliphatic heterocycles. The van der Waals surface area contributed by atoms with Crippen LogP contribution in [0.3, 0.4) is 0 Å². The Labute approximate surface area is 110 Å². The fourth-order valence-electron chi connectivity index (χ4n) is 1.50. The van der Waals surface area contributed by atoms with Crippen LogP contribution in [0.2, 0.25) is 0 Å². The monoisotopic (exact) mass is 277 g/mol. The molecule has 0 fully saturated rings. The number of nitriles is 1. The van der Waals surface area contributed by atoms with Crippen molar-refractivity contribution in [3.05, 3.63) is 48.2 Å². The smallest absolute Gasteiger partial charge is 0.242 e. The molecule has 0 aliphatic rings. The number of nitrogens with one attached hydrogen (secondary N) is 1. The normalized spacial score (nSPS) is 12.8. The first-order valence-corrected chi connectivity index (χ1v) is 6.93. The topological polar surface area (TPSA) is 96.0 Å². The Balaban J connectivity index is 2.20. The fraction of sp³-hybridized carbons (Fsp3) is 0.167. The van der Waals surface area contributed by atoms with Crippen molar-refractivity contribution in [1.82, 2.24) is 9.71 Å². The van der Waals surface area contributed by atoms with Gasteiger partial charge >= 0.3 is 0 Å². The zero-order valence-electron chi connectivity index (χ0n) is 10.1. The fourth-order valence-corrected chi connectivity index (χ4v) is 2.66. The van der Waals surface area contributed by atoms with E-state index in [0.717, 1.165) is 6.20 Å².